The van der Waals surface area contributed by atoms with Gasteiger partial charge in [0, 0.05) is 12.2 Å². The minimum atomic E-state index is -1.21. The zero-order chi connectivity index (χ0) is 30.9. The van der Waals surface area contributed by atoms with Gasteiger partial charge in [0.25, 0.3) is 0 Å². The summed E-state index contributed by atoms with van der Waals surface area (Å²) in [4.78, 5) is 44.4. The Balaban J connectivity index is 1.37. The monoisotopic (exact) mass is 597 g/mol. The van der Waals surface area contributed by atoms with Crippen LogP contribution in [0.5, 0.6) is 5.75 Å². The van der Waals surface area contributed by atoms with Crippen molar-refractivity contribution >= 4 is 23.4 Å². The summed E-state index contributed by atoms with van der Waals surface area (Å²) < 4.78 is 12.1. The van der Waals surface area contributed by atoms with Crippen molar-refractivity contribution in [3.63, 3.8) is 0 Å². The number of nitrogens with one attached hydrogen (secondary N) is 2. The highest BCUT2D eigenvalue weighted by Gasteiger charge is 2.79. The number of carbonyl (C=O) groups is 3. The number of anilines is 1. The van der Waals surface area contributed by atoms with Gasteiger partial charge in [-0.3, -0.25) is 14.4 Å². The summed E-state index contributed by atoms with van der Waals surface area (Å²) in [6, 6.07) is 24.4. The van der Waals surface area contributed by atoms with E-state index in [4.69, 9.17) is 9.47 Å². The average molecular weight is 598 g/mol. The summed E-state index contributed by atoms with van der Waals surface area (Å²) in [5.41, 5.74) is 0.351. The van der Waals surface area contributed by atoms with E-state index in [-0.39, 0.29) is 18.4 Å². The molecular formula is C35H39N3O6. The molecule has 3 N–H and O–H groups in total. The van der Waals surface area contributed by atoms with Crippen molar-refractivity contribution in [1.29, 1.82) is 0 Å². The Kier molecular flexibility index (Phi) is 8.18. The predicted molar refractivity (Wildman–Crippen MR) is 165 cm³/mol. The van der Waals surface area contributed by atoms with Crippen LogP contribution in [0.25, 0.3) is 0 Å². The highest BCUT2D eigenvalue weighted by atomic mass is 16.5. The lowest BCUT2D eigenvalue weighted by Gasteiger charge is -2.37. The minimum Gasteiger partial charge on any atom is -0.497 e. The quantitative estimate of drug-likeness (QED) is 0.310. The summed E-state index contributed by atoms with van der Waals surface area (Å²) in [6.07, 6.45) is 1.89. The van der Waals surface area contributed by atoms with Crippen molar-refractivity contribution in [3.05, 3.63) is 96.1 Å². The van der Waals surface area contributed by atoms with Crippen LogP contribution in [0.3, 0.4) is 0 Å². The second kappa shape index (κ2) is 12.1. The van der Waals surface area contributed by atoms with Gasteiger partial charge in [0.15, 0.2) is 0 Å². The molecule has 3 heterocycles. The predicted octanol–water partition coefficient (Wildman–Crippen LogP) is 3.71. The Morgan fingerprint density at radius 3 is 2.25 bits per heavy atom. The number of rotatable bonds is 11. The molecule has 6 atom stereocenters. The first kappa shape index (κ1) is 29.8. The van der Waals surface area contributed by atoms with E-state index >= 15 is 0 Å². The third-order valence-corrected chi connectivity index (χ3v) is 9.74. The fourth-order valence-electron chi connectivity index (χ4n) is 7.66. The molecular weight excluding hydrogens is 558 g/mol. The molecule has 3 aliphatic rings. The SMILES string of the molecule is CC[C@]12CCC3(O1)C(C(=O)Nc1ccc(OC)cc1)N([C@@H](CO)Cc1ccccc1)C(=O)[C@@H]3[C@H]2C(=O)NCc1ccccc1. The van der Waals surface area contributed by atoms with Crippen molar-refractivity contribution < 1.29 is 29.0 Å². The molecule has 9 nitrogen and oxygen atoms in total. The fourth-order valence-corrected chi connectivity index (χ4v) is 7.66. The number of aliphatic hydroxyl groups excluding tert-OH is 1. The number of ether oxygens (including phenoxy) is 2. The molecule has 0 saturated carbocycles. The van der Waals surface area contributed by atoms with E-state index in [1.807, 2.05) is 67.6 Å². The van der Waals surface area contributed by atoms with Crippen LogP contribution >= 0.6 is 0 Å². The first-order valence-electron chi connectivity index (χ1n) is 15.3. The van der Waals surface area contributed by atoms with Crippen LogP contribution in [0.15, 0.2) is 84.9 Å². The highest BCUT2D eigenvalue weighted by molar-refractivity contribution is 6.04. The smallest absolute Gasteiger partial charge is 0.250 e. The Bertz CT molecular complexity index is 1500. The molecule has 0 aliphatic carbocycles. The van der Waals surface area contributed by atoms with Crippen molar-refractivity contribution in [2.45, 2.75) is 62.4 Å². The van der Waals surface area contributed by atoms with E-state index < -0.39 is 41.0 Å². The van der Waals surface area contributed by atoms with Gasteiger partial charge in [-0.25, -0.2) is 0 Å². The second-order valence-corrected chi connectivity index (χ2v) is 12.0. The zero-order valence-electron chi connectivity index (χ0n) is 25.1. The second-order valence-electron chi connectivity index (χ2n) is 12.0. The lowest BCUT2D eigenvalue weighted by Crippen LogP contribution is -2.57. The normalized spacial score (nSPS) is 27.6. The van der Waals surface area contributed by atoms with E-state index in [9.17, 15) is 19.5 Å². The number of nitrogens with zero attached hydrogens (tertiary/aromatic N) is 1. The number of fused-ring (bicyclic) bond motifs is 1. The molecule has 2 bridgehead atoms. The molecule has 3 aliphatic heterocycles. The summed E-state index contributed by atoms with van der Waals surface area (Å²) >= 11 is 0. The molecule has 230 valence electrons. The summed E-state index contributed by atoms with van der Waals surface area (Å²) in [6.45, 7) is 1.94. The average Bonchev–Trinajstić information content (AvgIpc) is 3.67. The number of carbonyl (C=O) groups excluding carboxylic acids is 3. The number of methoxy groups -OCH3 is 1. The molecule has 9 heteroatoms. The van der Waals surface area contributed by atoms with Gasteiger partial charge in [-0.15, -0.1) is 0 Å². The summed E-state index contributed by atoms with van der Waals surface area (Å²) in [5.74, 6) is -1.97. The van der Waals surface area contributed by atoms with Gasteiger partial charge in [-0.05, 0) is 61.1 Å². The molecule has 3 aromatic carbocycles. The topological polar surface area (TPSA) is 117 Å². The lowest BCUT2D eigenvalue weighted by atomic mass is 9.65. The summed E-state index contributed by atoms with van der Waals surface area (Å²) in [5, 5.41) is 16.7. The maximum absolute atomic E-state index is 14.6. The highest BCUT2D eigenvalue weighted by Crippen LogP contribution is 2.64. The molecule has 0 aromatic heterocycles. The molecule has 44 heavy (non-hydrogen) atoms. The van der Waals surface area contributed by atoms with Gasteiger partial charge in [0.1, 0.15) is 17.4 Å². The molecule has 3 aromatic rings. The Morgan fingerprint density at radius 1 is 0.977 bits per heavy atom. The van der Waals surface area contributed by atoms with Crippen LogP contribution in [-0.4, -0.2) is 64.7 Å². The maximum Gasteiger partial charge on any atom is 0.250 e. The van der Waals surface area contributed by atoms with Gasteiger partial charge < -0.3 is 30.1 Å². The Morgan fingerprint density at radius 2 is 1.64 bits per heavy atom. The number of likely N-dealkylation sites (tertiary alicyclic amines) is 1. The van der Waals surface area contributed by atoms with Crippen LogP contribution in [0.2, 0.25) is 0 Å². The first-order valence-corrected chi connectivity index (χ1v) is 15.3. The largest absolute Gasteiger partial charge is 0.497 e. The van der Waals surface area contributed by atoms with Crippen molar-refractivity contribution in [2.24, 2.45) is 11.8 Å². The molecule has 2 unspecified atom stereocenters. The van der Waals surface area contributed by atoms with E-state index in [0.717, 1.165) is 11.1 Å². The molecule has 1 spiro atoms. The van der Waals surface area contributed by atoms with Gasteiger partial charge in [0.05, 0.1) is 37.2 Å². The fraction of sp³-hybridized carbons (Fsp3) is 0.400. The van der Waals surface area contributed by atoms with Crippen LogP contribution in [-0.2, 0) is 32.1 Å². The van der Waals surface area contributed by atoms with Crippen LogP contribution in [0.4, 0.5) is 5.69 Å². The van der Waals surface area contributed by atoms with Crippen LogP contribution in [0.1, 0.15) is 37.3 Å². The maximum atomic E-state index is 14.6. The molecule has 6 rings (SSSR count). The minimum absolute atomic E-state index is 0.254. The number of benzene rings is 3. The molecule has 3 saturated heterocycles. The van der Waals surface area contributed by atoms with Crippen molar-refractivity contribution in [1.82, 2.24) is 10.2 Å². The number of aliphatic hydroxyl groups is 1. The third kappa shape index (κ3) is 5.04. The Hall–Kier alpha value is -4.21. The van der Waals surface area contributed by atoms with Gasteiger partial charge in [0.2, 0.25) is 17.7 Å². The third-order valence-electron chi connectivity index (χ3n) is 9.74. The molecule has 3 amide bonds. The van der Waals surface area contributed by atoms with E-state index in [0.29, 0.717) is 43.7 Å². The van der Waals surface area contributed by atoms with Crippen molar-refractivity contribution in [3.8, 4) is 5.75 Å². The standard InChI is InChI=1S/C35H39N3O6/c1-3-34-18-19-35(44-34)29(28(34)31(40)36-21-24-12-8-5-9-13-24)33(42)38(26(22-39)20-23-10-6-4-7-11-23)30(35)32(41)37-25-14-16-27(43-2)17-15-25/h4-17,26,28-30,39H,3,18-22H2,1-2H3,(H,36,40)(H,37,41)/t26-,28+,29+,30?,34-,35?/m1/s1. The first-order chi connectivity index (χ1) is 21.4. The van der Waals surface area contributed by atoms with Crippen LogP contribution in [0, 0.1) is 11.8 Å². The van der Waals surface area contributed by atoms with Crippen molar-refractivity contribution in [2.75, 3.05) is 19.0 Å². The van der Waals surface area contributed by atoms with Gasteiger partial charge in [-0.1, -0.05) is 67.6 Å². The van der Waals surface area contributed by atoms with Gasteiger partial charge in [-0.2, -0.15) is 0 Å². The number of hydrogen-bond donors (Lipinski definition) is 3. The number of hydrogen-bond acceptors (Lipinski definition) is 6. The zero-order valence-corrected chi connectivity index (χ0v) is 25.1. The van der Waals surface area contributed by atoms with E-state index in [2.05, 4.69) is 10.6 Å². The van der Waals surface area contributed by atoms with Crippen LogP contribution < -0.4 is 15.4 Å². The van der Waals surface area contributed by atoms with Gasteiger partial charge >= 0.3 is 0 Å². The molecule has 0 radical (unpaired) electrons. The van der Waals surface area contributed by atoms with E-state index in [1.54, 1.807) is 31.4 Å². The number of amides is 3. The lowest BCUT2D eigenvalue weighted by molar-refractivity contribution is -0.149. The molecule has 3 fully saturated rings. The van der Waals surface area contributed by atoms with E-state index in [1.165, 1.54) is 4.90 Å². The summed E-state index contributed by atoms with van der Waals surface area (Å²) in [7, 11) is 1.57. The Labute approximate surface area is 257 Å².